The summed E-state index contributed by atoms with van der Waals surface area (Å²) in [6.07, 6.45) is 3.94. The first-order valence-corrected chi connectivity index (χ1v) is 9.09. The number of hydrogen-bond donors (Lipinski definition) is 0. The molecule has 1 heterocycles. The zero-order valence-electron chi connectivity index (χ0n) is 14.8. The molecule has 2 aromatic rings. The molecule has 0 bridgehead atoms. The molecule has 0 aliphatic carbocycles. The highest BCUT2D eigenvalue weighted by Crippen LogP contribution is 2.29. The van der Waals surface area contributed by atoms with E-state index in [4.69, 9.17) is 9.47 Å². The summed E-state index contributed by atoms with van der Waals surface area (Å²) in [5, 5.41) is 0. The van der Waals surface area contributed by atoms with Crippen molar-refractivity contribution < 1.29 is 14.3 Å². The van der Waals surface area contributed by atoms with Crippen LogP contribution in [0.3, 0.4) is 0 Å². The number of carbonyl (C=O) groups excluding carboxylic acids is 1. The third kappa shape index (κ3) is 5.25. The van der Waals surface area contributed by atoms with Crippen LogP contribution >= 0.6 is 0 Å². The zero-order chi connectivity index (χ0) is 17.5. The SMILES string of the molecule is CC1(CCc2ccccc2)OCCC(CCC(=O)c2ccccc2)O1. The fourth-order valence-electron chi connectivity index (χ4n) is 3.26. The van der Waals surface area contributed by atoms with E-state index in [1.807, 2.05) is 43.3 Å². The molecule has 0 aromatic heterocycles. The Morgan fingerprint density at radius 3 is 2.48 bits per heavy atom. The van der Waals surface area contributed by atoms with Gasteiger partial charge in [-0.3, -0.25) is 4.79 Å². The second-order valence-electron chi connectivity index (χ2n) is 6.82. The molecule has 1 fully saturated rings. The Balaban J connectivity index is 1.49. The van der Waals surface area contributed by atoms with Crippen molar-refractivity contribution in [1.29, 1.82) is 0 Å². The van der Waals surface area contributed by atoms with Gasteiger partial charge in [0.15, 0.2) is 11.6 Å². The summed E-state index contributed by atoms with van der Waals surface area (Å²) in [5.74, 6) is -0.379. The Labute approximate surface area is 150 Å². The Kier molecular flexibility index (Phi) is 6.00. The molecule has 1 saturated heterocycles. The van der Waals surface area contributed by atoms with Crippen molar-refractivity contribution in [2.45, 2.75) is 50.9 Å². The standard InChI is InChI=1S/C22H26O3/c1-22(16-14-18-8-4-2-5-9-18)24-17-15-20(25-22)12-13-21(23)19-10-6-3-7-11-19/h2-11,20H,12-17H2,1H3. The van der Waals surface area contributed by atoms with Crippen molar-refractivity contribution in [3.05, 3.63) is 71.8 Å². The van der Waals surface area contributed by atoms with Gasteiger partial charge in [-0.2, -0.15) is 0 Å². The third-order valence-corrected chi connectivity index (χ3v) is 4.76. The molecule has 1 aliphatic rings. The third-order valence-electron chi connectivity index (χ3n) is 4.76. The van der Waals surface area contributed by atoms with Gasteiger partial charge in [0, 0.05) is 18.4 Å². The van der Waals surface area contributed by atoms with Crippen molar-refractivity contribution in [3.8, 4) is 0 Å². The fraction of sp³-hybridized carbons (Fsp3) is 0.409. The van der Waals surface area contributed by atoms with Crippen LogP contribution in [0, 0.1) is 0 Å². The molecular formula is C22H26O3. The van der Waals surface area contributed by atoms with E-state index in [-0.39, 0.29) is 11.9 Å². The fourth-order valence-corrected chi connectivity index (χ4v) is 3.26. The van der Waals surface area contributed by atoms with E-state index >= 15 is 0 Å². The molecule has 0 spiro atoms. The zero-order valence-corrected chi connectivity index (χ0v) is 14.8. The monoisotopic (exact) mass is 338 g/mol. The minimum absolute atomic E-state index is 0.0854. The molecule has 3 rings (SSSR count). The summed E-state index contributed by atoms with van der Waals surface area (Å²) in [4.78, 5) is 12.3. The summed E-state index contributed by atoms with van der Waals surface area (Å²) in [5.41, 5.74) is 2.07. The molecular weight excluding hydrogens is 312 g/mol. The highest BCUT2D eigenvalue weighted by molar-refractivity contribution is 5.95. The smallest absolute Gasteiger partial charge is 0.166 e. The lowest BCUT2D eigenvalue weighted by atomic mass is 10.0. The molecule has 2 unspecified atom stereocenters. The molecule has 3 nitrogen and oxygen atoms in total. The first kappa shape index (κ1) is 17.8. The van der Waals surface area contributed by atoms with Crippen LogP contribution in [-0.2, 0) is 15.9 Å². The van der Waals surface area contributed by atoms with Crippen LogP contribution < -0.4 is 0 Å². The van der Waals surface area contributed by atoms with Gasteiger partial charge in [0.1, 0.15) is 0 Å². The van der Waals surface area contributed by atoms with Crippen LogP contribution in [0.4, 0.5) is 0 Å². The second-order valence-corrected chi connectivity index (χ2v) is 6.82. The molecule has 3 heteroatoms. The van der Waals surface area contributed by atoms with Crippen LogP contribution in [-0.4, -0.2) is 24.3 Å². The van der Waals surface area contributed by atoms with Gasteiger partial charge in [0.2, 0.25) is 0 Å². The Morgan fingerprint density at radius 2 is 1.76 bits per heavy atom. The van der Waals surface area contributed by atoms with E-state index in [0.717, 1.165) is 31.2 Å². The normalized spacial score (nSPS) is 23.3. The minimum atomic E-state index is -0.561. The van der Waals surface area contributed by atoms with Crippen LogP contribution in [0.25, 0.3) is 0 Å². The van der Waals surface area contributed by atoms with Gasteiger partial charge < -0.3 is 9.47 Å². The number of ether oxygens (including phenoxy) is 2. The van der Waals surface area contributed by atoms with Gasteiger partial charge in [0.05, 0.1) is 12.7 Å². The van der Waals surface area contributed by atoms with Crippen LogP contribution in [0.2, 0.25) is 0 Å². The first-order chi connectivity index (χ1) is 12.1. The number of carbonyl (C=O) groups is 1. The molecule has 2 aromatic carbocycles. The van der Waals surface area contributed by atoms with Gasteiger partial charge in [-0.15, -0.1) is 0 Å². The average molecular weight is 338 g/mol. The average Bonchev–Trinajstić information content (AvgIpc) is 2.66. The maximum absolute atomic E-state index is 12.3. The lowest BCUT2D eigenvalue weighted by molar-refractivity contribution is -0.286. The van der Waals surface area contributed by atoms with E-state index in [1.54, 1.807) is 0 Å². The van der Waals surface area contributed by atoms with Crippen molar-refractivity contribution in [1.82, 2.24) is 0 Å². The predicted octanol–water partition coefficient (Wildman–Crippen LogP) is 4.80. The largest absolute Gasteiger partial charge is 0.350 e. The minimum Gasteiger partial charge on any atom is -0.350 e. The molecule has 0 radical (unpaired) electrons. The summed E-state index contributed by atoms with van der Waals surface area (Å²) in [6, 6.07) is 19.9. The Bertz CT molecular complexity index is 668. The van der Waals surface area contributed by atoms with E-state index in [2.05, 4.69) is 24.3 Å². The molecule has 0 amide bonds. The Hall–Kier alpha value is -1.97. The summed E-state index contributed by atoms with van der Waals surface area (Å²) in [7, 11) is 0. The molecule has 0 saturated carbocycles. The number of hydrogen-bond acceptors (Lipinski definition) is 3. The van der Waals surface area contributed by atoms with E-state index in [0.29, 0.717) is 13.0 Å². The van der Waals surface area contributed by atoms with Gasteiger partial charge in [-0.1, -0.05) is 60.7 Å². The molecule has 2 atom stereocenters. The number of Topliss-reactive ketones (excluding diaryl/α,β-unsaturated/α-hetero) is 1. The second kappa shape index (κ2) is 8.41. The van der Waals surface area contributed by atoms with Crippen LogP contribution in [0.15, 0.2) is 60.7 Å². The highest BCUT2D eigenvalue weighted by atomic mass is 16.7. The van der Waals surface area contributed by atoms with Crippen molar-refractivity contribution in [2.75, 3.05) is 6.61 Å². The topological polar surface area (TPSA) is 35.5 Å². The lowest BCUT2D eigenvalue weighted by Gasteiger charge is -2.39. The number of aryl methyl sites for hydroxylation is 1. The molecule has 1 aliphatic heterocycles. The van der Waals surface area contributed by atoms with Gasteiger partial charge >= 0.3 is 0 Å². The quantitative estimate of drug-likeness (QED) is 0.680. The van der Waals surface area contributed by atoms with E-state index in [1.165, 1.54) is 5.56 Å². The van der Waals surface area contributed by atoms with Gasteiger partial charge in [0.25, 0.3) is 0 Å². The Morgan fingerprint density at radius 1 is 1.08 bits per heavy atom. The highest BCUT2D eigenvalue weighted by Gasteiger charge is 2.33. The molecule has 0 N–H and O–H groups in total. The summed E-state index contributed by atoms with van der Waals surface area (Å²) in [6.45, 7) is 2.70. The van der Waals surface area contributed by atoms with Crippen molar-refractivity contribution in [3.63, 3.8) is 0 Å². The number of ketones is 1. The molecule has 25 heavy (non-hydrogen) atoms. The van der Waals surface area contributed by atoms with E-state index < -0.39 is 5.79 Å². The van der Waals surface area contributed by atoms with Crippen molar-refractivity contribution in [2.24, 2.45) is 0 Å². The number of benzene rings is 2. The summed E-state index contributed by atoms with van der Waals surface area (Å²) < 4.78 is 12.1. The van der Waals surface area contributed by atoms with Crippen molar-refractivity contribution >= 4 is 5.78 Å². The van der Waals surface area contributed by atoms with E-state index in [9.17, 15) is 4.79 Å². The van der Waals surface area contributed by atoms with Crippen LogP contribution in [0.1, 0.15) is 48.5 Å². The lowest BCUT2D eigenvalue weighted by Crippen LogP contribution is -2.42. The predicted molar refractivity (Wildman–Crippen MR) is 98.6 cm³/mol. The summed E-state index contributed by atoms with van der Waals surface area (Å²) >= 11 is 0. The molecule has 132 valence electrons. The maximum atomic E-state index is 12.3. The van der Waals surface area contributed by atoms with Gasteiger partial charge in [-0.25, -0.2) is 0 Å². The maximum Gasteiger partial charge on any atom is 0.166 e. The van der Waals surface area contributed by atoms with Gasteiger partial charge in [-0.05, 0) is 31.7 Å². The first-order valence-electron chi connectivity index (χ1n) is 9.09. The van der Waals surface area contributed by atoms with Crippen LogP contribution in [0.5, 0.6) is 0 Å². The number of rotatable bonds is 7.